The fourth-order valence-corrected chi connectivity index (χ4v) is 10.1. The van der Waals surface area contributed by atoms with E-state index in [0.29, 0.717) is 24.4 Å². The molecular formula is C20H26O2. The maximum atomic E-state index is 6.52. The van der Waals surface area contributed by atoms with Crippen LogP contribution in [0.1, 0.15) is 38.5 Å². The topological polar surface area (TPSA) is 18.5 Å². The van der Waals surface area contributed by atoms with Gasteiger partial charge in [0, 0.05) is 11.8 Å². The van der Waals surface area contributed by atoms with Crippen molar-refractivity contribution in [2.75, 3.05) is 0 Å². The quantitative estimate of drug-likeness (QED) is 0.684. The molecule has 0 aromatic carbocycles. The molecule has 0 spiro atoms. The molecule has 0 bridgehead atoms. The van der Waals surface area contributed by atoms with Gasteiger partial charge in [0.1, 0.15) is 0 Å². The Balaban J connectivity index is 1.35. The monoisotopic (exact) mass is 298 g/mol. The minimum absolute atomic E-state index is 0.675. The molecule has 8 fully saturated rings. The van der Waals surface area contributed by atoms with Crippen LogP contribution < -0.4 is 0 Å². The van der Waals surface area contributed by atoms with Crippen molar-refractivity contribution < 1.29 is 9.47 Å². The third-order valence-electron chi connectivity index (χ3n) is 10.2. The SMILES string of the molecule is C1CC2C3OC4CC5CCC6C7OC8CC1C(C87)C2C6C5C43. The van der Waals surface area contributed by atoms with Crippen LogP contribution in [0.2, 0.25) is 0 Å². The smallest absolute Gasteiger partial charge is 0.0665 e. The standard InChI is InChI=1S/C20H26O2/c1-3-9-15-13-7(1)5-11-17(13)20(21-11)10-4-2-8-6-12-18(19(9)22-12)14(8)16(10)15/h7-20H,1-6H2. The third-order valence-corrected chi connectivity index (χ3v) is 10.2. The zero-order chi connectivity index (χ0) is 13.7. The van der Waals surface area contributed by atoms with E-state index in [9.17, 15) is 0 Å². The molecular weight excluding hydrogens is 272 g/mol. The summed E-state index contributed by atoms with van der Waals surface area (Å²) in [6, 6.07) is 0. The predicted molar refractivity (Wildman–Crippen MR) is 79.9 cm³/mol. The van der Waals surface area contributed by atoms with E-state index < -0.39 is 0 Å². The number of ether oxygens (including phenoxy) is 2. The Hall–Kier alpha value is -0.0800. The Kier molecular flexibility index (Phi) is 1.74. The van der Waals surface area contributed by atoms with Crippen molar-refractivity contribution in [1.82, 2.24) is 0 Å². The maximum Gasteiger partial charge on any atom is 0.0665 e. The molecule has 8 rings (SSSR count). The minimum atomic E-state index is 0.675. The lowest BCUT2D eigenvalue weighted by Gasteiger charge is -2.69. The first kappa shape index (κ1) is 11.5. The van der Waals surface area contributed by atoms with E-state index >= 15 is 0 Å². The van der Waals surface area contributed by atoms with Gasteiger partial charge < -0.3 is 9.47 Å². The fraction of sp³-hybridized carbons (Fsp3) is 1.00. The van der Waals surface area contributed by atoms with Gasteiger partial charge in [-0.1, -0.05) is 0 Å². The van der Waals surface area contributed by atoms with Gasteiger partial charge in [-0.25, -0.2) is 0 Å². The lowest BCUT2D eigenvalue weighted by molar-refractivity contribution is -0.316. The third kappa shape index (κ3) is 0.966. The Morgan fingerprint density at radius 1 is 0.500 bits per heavy atom. The van der Waals surface area contributed by atoms with Crippen LogP contribution in [0.25, 0.3) is 0 Å². The average molecular weight is 298 g/mol. The van der Waals surface area contributed by atoms with Crippen molar-refractivity contribution in [3.63, 3.8) is 0 Å². The highest BCUT2D eigenvalue weighted by atomic mass is 16.5. The molecule has 14 atom stereocenters. The van der Waals surface area contributed by atoms with E-state index in [1.807, 2.05) is 0 Å². The molecule has 2 saturated heterocycles. The summed E-state index contributed by atoms with van der Waals surface area (Å²) in [6.45, 7) is 0. The van der Waals surface area contributed by atoms with Crippen molar-refractivity contribution in [2.24, 2.45) is 59.2 Å². The molecule has 0 aromatic rings. The van der Waals surface area contributed by atoms with Gasteiger partial charge in [0.15, 0.2) is 0 Å². The average Bonchev–Trinajstić information content (AvgIpc) is 2.94. The number of hydrogen-bond donors (Lipinski definition) is 0. The van der Waals surface area contributed by atoms with Crippen molar-refractivity contribution in [3.8, 4) is 0 Å². The molecule has 6 saturated carbocycles. The van der Waals surface area contributed by atoms with Gasteiger partial charge in [-0.05, 0) is 85.9 Å². The largest absolute Gasteiger partial charge is 0.374 e. The van der Waals surface area contributed by atoms with E-state index in [1.165, 1.54) is 38.5 Å². The van der Waals surface area contributed by atoms with Crippen LogP contribution in [0.5, 0.6) is 0 Å². The molecule has 0 radical (unpaired) electrons. The molecule has 8 aliphatic rings. The molecule has 2 heteroatoms. The summed E-state index contributed by atoms with van der Waals surface area (Å²) in [5, 5.41) is 0. The number of fused-ring (bicyclic) bond motifs is 2. The highest BCUT2D eigenvalue weighted by Gasteiger charge is 2.75. The van der Waals surface area contributed by atoms with Crippen molar-refractivity contribution in [1.29, 1.82) is 0 Å². The zero-order valence-electron chi connectivity index (χ0n) is 13.1. The molecule has 6 aliphatic carbocycles. The maximum absolute atomic E-state index is 6.52. The molecule has 2 nitrogen and oxygen atoms in total. The van der Waals surface area contributed by atoms with E-state index in [2.05, 4.69) is 0 Å². The Morgan fingerprint density at radius 2 is 1.00 bits per heavy atom. The summed E-state index contributed by atoms with van der Waals surface area (Å²) >= 11 is 0. The van der Waals surface area contributed by atoms with Crippen molar-refractivity contribution >= 4 is 0 Å². The van der Waals surface area contributed by atoms with Crippen LogP contribution in [-0.2, 0) is 9.47 Å². The molecule has 22 heavy (non-hydrogen) atoms. The van der Waals surface area contributed by atoms with Gasteiger partial charge in [0.2, 0.25) is 0 Å². The van der Waals surface area contributed by atoms with E-state index in [1.54, 1.807) is 0 Å². The van der Waals surface area contributed by atoms with Gasteiger partial charge in [-0.15, -0.1) is 0 Å². The fourth-order valence-electron chi connectivity index (χ4n) is 10.1. The highest BCUT2D eigenvalue weighted by molar-refractivity contribution is 5.22. The molecule has 118 valence electrons. The lowest BCUT2D eigenvalue weighted by Crippen LogP contribution is -2.70. The highest BCUT2D eigenvalue weighted by Crippen LogP contribution is 2.75. The molecule has 2 heterocycles. The molecule has 2 aliphatic heterocycles. The minimum Gasteiger partial charge on any atom is -0.374 e. The first-order valence-corrected chi connectivity index (χ1v) is 10.2. The Labute approximate surface area is 132 Å². The van der Waals surface area contributed by atoms with Crippen LogP contribution >= 0.6 is 0 Å². The van der Waals surface area contributed by atoms with Crippen LogP contribution in [0.15, 0.2) is 0 Å². The van der Waals surface area contributed by atoms with Gasteiger partial charge in [-0.2, -0.15) is 0 Å². The summed E-state index contributed by atoms with van der Waals surface area (Å²) in [5.74, 6) is 10.1. The second-order valence-corrected chi connectivity index (χ2v) is 10.2. The number of rotatable bonds is 0. The van der Waals surface area contributed by atoms with Crippen molar-refractivity contribution in [2.45, 2.75) is 62.9 Å². The number of hydrogen-bond acceptors (Lipinski definition) is 2. The lowest BCUT2D eigenvalue weighted by atomic mass is 9.41. The van der Waals surface area contributed by atoms with Crippen LogP contribution in [0, 0.1) is 59.2 Å². The summed E-state index contributed by atoms with van der Waals surface area (Å²) in [4.78, 5) is 0. The second-order valence-electron chi connectivity index (χ2n) is 10.2. The van der Waals surface area contributed by atoms with E-state index in [-0.39, 0.29) is 0 Å². The van der Waals surface area contributed by atoms with E-state index in [4.69, 9.17) is 9.47 Å². The first-order valence-electron chi connectivity index (χ1n) is 10.2. The summed E-state index contributed by atoms with van der Waals surface area (Å²) in [6.07, 6.45) is 11.5. The molecule has 14 unspecified atom stereocenters. The normalized spacial score (nSPS) is 77.5. The van der Waals surface area contributed by atoms with Crippen LogP contribution in [0.4, 0.5) is 0 Å². The van der Waals surface area contributed by atoms with Crippen molar-refractivity contribution in [3.05, 3.63) is 0 Å². The second kappa shape index (κ2) is 3.33. The van der Waals surface area contributed by atoms with E-state index in [0.717, 1.165) is 59.2 Å². The summed E-state index contributed by atoms with van der Waals surface area (Å²) < 4.78 is 13.0. The summed E-state index contributed by atoms with van der Waals surface area (Å²) in [5.41, 5.74) is 0. The van der Waals surface area contributed by atoms with Crippen LogP contribution in [-0.4, -0.2) is 24.4 Å². The molecule has 0 amide bonds. The molecule has 0 aromatic heterocycles. The van der Waals surface area contributed by atoms with Gasteiger partial charge in [0.05, 0.1) is 24.4 Å². The Bertz CT molecular complexity index is 524. The molecule has 0 N–H and O–H groups in total. The zero-order valence-corrected chi connectivity index (χ0v) is 13.1. The predicted octanol–water partition coefficient (Wildman–Crippen LogP) is 3.11. The Morgan fingerprint density at radius 3 is 1.50 bits per heavy atom. The summed E-state index contributed by atoms with van der Waals surface area (Å²) in [7, 11) is 0. The van der Waals surface area contributed by atoms with Crippen LogP contribution in [0.3, 0.4) is 0 Å². The van der Waals surface area contributed by atoms with Gasteiger partial charge >= 0.3 is 0 Å². The van der Waals surface area contributed by atoms with Gasteiger partial charge in [-0.3, -0.25) is 0 Å². The van der Waals surface area contributed by atoms with Gasteiger partial charge in [0.25, 0.3) is 0 Å². The first-order chi connectivity index (χ1) is 10.9.